The smallest absolute Gasteiger partial charge is 0.496 e. The number of ether oxygens (including phenoxy) is 3. The van der Waals surface area contributed by atoms with Gasteiger partial charge < -0.3 is 33.7 Å². The first-order valence-corrected chi connectivity index (χ1v) is 26.3. The van der Waals surface area contributed by atoms with Crippen LogP contribution in [0, 0.1) is 13.8 Å². The normalized spacial score (nSPS) is 15.5. The molecule has 0 atom stereocenters. The molecule has 0 radical (unpaired) electrons. The van der Waals surface area contributed by atoms with Crippen LogP contribution in [0.25, 0.3) is 28.1 Å². The molecule has 5 heterocycles. The minimum atomic E-state index is -5.08. The minimum absolute atomic E-state index is 0. The van der Waals surface area contributed by atoms with Crippen LogP contribution >= 0.6 is 0 Å². The van der Waals surface area contributed by atoms with E-state index in [2.05, 4.69) is 16.0 Å². The van der Waals surface area contributed by atoms with E-state index in [0.717, 1.165) is 11.4 Å². The zero-order chi connectivity index (χ0) is 56.1. The van der Waals surface area contributed by atoms with Crippen LogP contribution < -0.4 is 59.7 Å². The number of carboxylic acid groups (broad SMARTS) is 1. The summed E-state index contributed by atoms with van der Waals surface area (Å²) >= 11 is 0. The van der Waals surface area contributed by atoms with Crippen molar-refractivity contribution in [1.29, 1.82) is 0 Å². The van der Waals surface area contributed by atoms with Crippen molar-refractivity contribution in [2.24, 2.45) is 9.98 Å². The fourth-order valence-electron chi connectivity index (χ4n) is 9.86. The number of benzene rings is 4. The van der Waals surface area contributed by atoms with Gasteiger partial charge in [-0.3, -0.25) is 36.4 Å². The zero-order valence-corrected chi connectivity index (χ0v) is 46.7. The number of allylic oxidation sites excluding steroid dienone is 4. The molecule has 400 valence electrons. The van der Waals surface area contributed by atoms with E-state index < -0.39 is 68.8 Å². The predicted molar refractivity (Wildman–Crippen MR) is 288 cm³/mol. The topological polar surface area (TPSA) is 236 Å². The summed E-state index contributed by atoms with van der Waals surface area (Å²) in [5, 5.41) is 11.4. The average molecular weight is 1130 g/mol. The third-order valence-electron chi connectivity index (χ3n) is 13.1. The number of nitrogens with one attached hydrogen (secondary N) is 2. The maximum absolute atomic E-state index is 15.7. The van der Waals surface area contributed by atoms with Crippen LogP contribution in [-0.4, -0.2) is 93.0 Å². The Morgan fingerprint density at radius 1 is 0.734 bits per heavy atom. The largest absolute Gasteiger partial charge is 1.00 e. The Bertz CT molecular complexity index is 3950. The second kappa shape index (κ2) is 22.7. The van der Waals surface area contributed by atoms with Gasteiger partial charge in [-0.15, -0.1) is 5.53 Å². The molecular formula is C52H45B2F4N7NaO11S2+. The number of methoxy groups -OCH3 is 2. The number of halogens is 4. The molecule has 0 fully saturated rings. The van der Waals surface area contributed by atoms with E-state index in [1.165, 1.54) is 70.3 Å². The van der Waals surface area contributed by atoms with Crippen LogP contribution in [0.4, 0.5) is 23.0 Å². The Labute approximate surface area is 473 Å². The number of anilines is 1. The third-order valence-corrected chi connectivity index (χ3v) is 15.3. The van der Waals surface area contributed by atoms with E-state index in [0.29, 0.717) is 49.8 Å². The van der Waals surface area contributed by atoms with Gasteiger partial charge in [0, 0.05) is 62.4 Å². The van der Waals surface area contributed by atoms with Gasteiger partial charge in [0.25, 0.3) is 20.2 Å². The first-order valence-electron chi connectivity index (χ1n) is 23.4. The van der Waals surface area contributed by atoms with Crippen molar-refractivity contribution >= 4 is 75.0 Å². The molecule has 4 aromatic carbocycles. The monoisotopic (exact) mass is 1130 g/mol. The standard InChI is InChI=1S/C52H45B2F4N7O11S2.Na/c1-28-49(59-30(3)51(28)77(68,69)70)47(50-29(2)52(78(71,72)73)31(4)64(50)53(55)56)32-15-18-34(19-16-32)63-26-40(61-62-63)33-17-20-37(45(25-33)76-27-46(66)67)48(39-22-21-38(60-39)35-11-7-9-13-43(35)74-5)42-24-23-41(65(42)54(57)58)36-12-8-10-14-44(36)75-6;/h7-26,61-62H,27H2,1-6H3,(H,66,67)(H,68,69,70)(H,71,72,73);/q;+1/b48-39-,49-47-;. The number of nitrogens with zero attached hydrogens (tertiary/aromatic N) is 5. The van der Waals surface area contributed by atoms with E-state index in [4.69, 9.17) is 19.2 Å². The maximum Gasteiger partial charge on any atom is 1.00 e. The summed E-state index contributed by atoms with van der Waals surface area (Å²) in [4.78, 5) is 20.0. The second-order valence-corrected chi connectivity index (χ2v) is 20.4. The number of aliphatic imine (C=N–C) groups is 2. The molecule has 79 heavy (non-hydrogen) atoms. The molecule has 27 heteroatoms. The van der Waals surface area contributed by atoms with Gasteiger partial charge in [-0.2, -0.15) is 16.8 Å². The van der Waals surface area contributed by atoms with Crippen molar-refractivity contribution < 1.29 is 96.9 Å². The Balaban J connectivity index is 0.00000822. The molecular weight excluding hydrogens is 1080 g/mol. The van der Waals surface area contributed by atoms with E-state index >= 15 is 17.3 Å². The summed E-state index contributed by atoms with van der Waals surface area (Å²) in [6.45, 7) is 4.06. The van der Waals surface area contributed by atoms with Crippen molar-refractivity contribution in [3.8, 4) is 28.5 Å². The summed E-state index contributed by atoms with van der Waals surface area (Å²) in [5.41, 5.74) is 7.76. The number of rotatable bonds is 17. The number of carboxylic acids is 1. The molecule has 0 saturated heterocycles. The minimum Gasteiger partial charge on any atom is -0.496 e. The molecule has 0 aliphatic carbocycles. The molecule has 0 saturated carbocycles. The molecule has 3 aliphatic heterocycles. The number of para-hydroxylation sites is 2. The summed E-state index contributed by atoms with van der Waals surface area (Å²) < 4.78 is 150. The van der Waals surface area contributed by atoms with E-state index in [-0.39, 0.29) is 97.2 Å². The average Bonchev–Trinajstić information content (AvgIpc) is 4.47. The summed E-state index contributed by atoms with van der Waals surface area (Å²) in [7, 11) is -13.5. The molecule has 2 aromatic heterocycles. The van der Waals surface area contributed by atoms with Crippen molar-refractivity contribution in [3.63, 3.8) is 0 Å². The number of hydrogen-bond donors (Lipinski definition) is 5. The number of carbonyl (C=O) groups is 1. The Hall–Kier alpha value is -7.42. The number of hydrazine groups is 2. The van der Waals surface area contributed by atoms with Gasteiger partial charge in [0.2, 0.25) is 0 Å². The van der Waals surface area contributed by atoms with Gasteiger partial charge in [-0.1, -0.05) is 42.5 Å². The van der Waals surface area contributed by atoms with E-state index in [9.17, 15) is 35.8 Å². The van der Waals surface area contributed by atoms with Crippen LogP contribution in [0.5, 0.6) is 17.2 Å². The molecule has 9 rings (SSSR count). The Kier molecular flexibility index (Phi) is 16.6. The number of aliphatic carboxylic acids is 1. The van der Waals surface area contributed by atoms with Gasteiger partial charge in [-0.05, 0) is 117 Å². The Morgan fingerprint density at radius 2 is 1.37 bits per heavy atom. The summed E-state index contributed by atoms with van der Waals surface area (Å²) in [6, 6.07) is 27.7. The third kappa shape index (κ3) is 11.0. The molecule has 3 aliphatic rings. The number of aromatic nitrogens is 2. The molecule has 5 N–H and O–H groups in total. The summed E-state index contributed by atoms with van der Waals surface area (Å²) in [6.07, 6.45) is 4.97. The van der Waals surface area contributed by atoms with Crippen molar-refractivity contribution in [1.82, 2.24) is 19.9 Å². The van der Waals surface area contributed by atoms with Crippen LogP contribution in [-0.2, 0) is 25.0 Å². The van der Waals surface area contributed by atoms with Gasteiger partial charge in [0.1, 0.15) is 27.0 Å². The molecule has 0 amide bonds. The van der Waals surface area contributed by atoms with Crippen LogP contribution in [0.2, 0.25) is 0 Å². The quantitative estimate of drug-likeness (QED) is 0.0407. The van der Waals surface area contributed by atoms with Gasteiger partial charge >= 0.3 is 50.3 Å². The molecule has 0 unspecified atom stereocenters. The molecule has 18 nitrogen and oxygen atoms in total. The van der Waals surface area contributed by atoms with Crippen LogP contribution in [0.3, 0.4) is 0 Å². The van der Waals surface area contributed by atoms with Gasteiger partial charge in [0.15, 0.2) is 6.61 Å². The predicted octanol–water partition coefficient (Wildman–Crippen LogP) is 5.89. The van der Waals surface area contributed by atoms with E-state index in [1.807, 2.05) is 0 Å². The molecule has 0 spiro atoms. The van der Waals surface area contributed by atoms with Crippen molar-refractivity contribution in [3.05, 3.63) is 188 Å². The number of hydrogen-bond acceptors (Lipinski definition) is 13. The summed E-state index contributed by atoms with van der Waals surface area (Å²) in [5.74, 6) is -0.510. The first kappa shape index (κ1) is 57.7. The van der Waals surface area contributed by atoms with Gasteiger partial charge in [-0.25, -0.2) is 9.79 Å². The fraction of sp³-hybridized carbons (Fsp3) is 0.135. The zero-order valence-electron chi connectivity index (χ0n) is 43.1. The first-order chi connectivity index (χ1) is 37.0. The van der Waals surface area contributed by atoms with Crippen LogP contribution in [0.1, 0.15) is 58.7 Å². The fourth-order valence-corrected chi connectivity index (χ4v) is 11.7. The molecule has 0 bridgehead atoms. The maximum atomic E-state index is 15.7. The SMILES string of the molecule is COc1ccccc1C1=N/C(=C(/c2ccc(C3=CN(c4ccc(/C(=C5/N=C(C)C(S(=O)(=O)O)=C5C)c5c(C)c(S(=O)(=O)O)c(C)n5B(F)F)cc4)NN3)cc2OCC(=O)O)c2ccc(-c3ccccc3OC)n2B(F)F)C=C1.[Na+]. The van der Waals surface area contributed by atoms with E-state index in [1.54, 1.807) is 91.1 Å². The van der Waals surface area contributed by atoms with Crippen LogP contribution in [0.15, 0.2) is 158 Å². The van der Waals surface area contributed by atoms with Crippen molar-refractivity contribution in [2.45, 2.75) is 32.6 Å². The second-order valence-electron chi connectivity index (χ2n) is 17.7. The van der Waals surface area contributed by atoms with Gasteiger partial charge in [0.05, 0.1) is 48.4 Å². The van der Waals surface area contributed by atoms with Crippen molar-refractivity contribution in [2.75, 3.05) is 25.8 Å². The molecule has 6 aromatic rings. The Morgan fingerprint density at radius 3 is 1.96 bits per heavy atom.